The number of amides is 1. The summed E-state index contributed by atoms with van der Waals surface area (Å²) in [6.45, 7) is 3.90. The van der Waals surface area contributed by atoms with Gasteiger partial charge in [0, 0.05) is 12.1 Å². The Morgan fingerprint density at radius 1 is 1.35 bits per heavy atom. The molecule has 1 N–H and O–H groups in total. The fourth-order valence-corrected chi connectivity index (χ4v) is 2.91. The van der Waals surface area contributed by atoms with E-state index in [4.69, 9.17) is 14.7 Å². The summed E-state index contributed by atoms with van der Waals surface area (Å²) in [6.07, 6.45) is 3.96. The SMILES string of the molecule is COc1cc(C#N)ccc1O[C@H](C)C(=O)N[C@@H]1CCCC[C@@H]1C. The maximum absolute atomic E-state index is 12.4. The van der Waals surface area contributed by atoms with Crippen molar-refractivity contribution < 1.29 is 14.3 Å². The van der Waals surface area contributed by atoms with Gasteiger partial charge in [0.25, 0.3) is 5.91 Å². The summed E-state index contributed by atoms with van der Waals surface area (Å²) in [5.41, 5.74) is 0.488. The van der Waals surface area contributed by atoms with E-state index < -0.39 is 6.10 Å². The zero-order valence-electron chi connectivity index (χ0n) is 14.0. The number of rotatable bonds is 5. The summed E-state index contributed by atoms with van der Waals surface area (Å²) in [7, 11) is 1.51. The number of carbonyl (C=O) groups excluding carboxylic acids is 1. The number of nitrogens with one attached hydrogen (secondary N) is 1. The van der Waals surface area contributed by atoms with Gasteiger partial charge in [-0.15, -0.1) is 0 Å². The number of carbonyl (C=O) groups is 1. The number of nitrogens with zero attached hydrogens (tertiary/aromatic N) is 1. The van der Waals surface area contributed by atoms with Crippen molar-refractivity contribution in [3.63, 3.8) is 0 Å². The standard InChI is InChI=1S/C18H24N2O3/c1-12-6-4-5-7-15(12)20-18(21)13(2)23-16-9-8-14(11-19)10-17(16)22-3/h8-10,12-13,15H,4-7H2,1-3H3,(H,20,21)/t12-,13+,15+/m0/s1. The molecule has 5 nitrogen and oxygen atoms in total. The minimum Gasteiger partial charge on any atom is -0.493 e. The molecule has 0 saturated heterocycles. The average molecular weight is 316 g/mol. The largest absolute Gasteiger partial charge is 0.493 e. The smallest absolute Gasteiger partial charge is 0.261 e. The van der Waals surface area contributed by atoms with Crippen molar-refractivity contribution in [2.45, 2.75) is 51.7 Å². The summed E-state index contributed by atoms with van der Waals surface area (Å²) in [5.74, 6) is 1.31. The molecule has 124 valence electrons. The highest BCUT2D eigenvalue weighted by atomic mass is 16.5. The Kier molecular flexibility index (Phi) is 5.86. The third-order valence-electron chi connectivity index (χ3n) is 4.40. The van der Waals surface area contributed by atoms with Crippen LogP contribution in [0.2, 0.25) is 0 Å². The van der Waals surface area contributed by atoms with Gasteiger partial charge in [-0.3, -0.25) is 4.79 Å². The Morgan fingerprint density at radius 2 is 2.09 bits per heavy atom. The van der Waals surface area contributed by atoms with E-state index in [1.54, 1.807) is 25.1 Å². The van der Waals surface area contributed by atoms with Gasteiger partial charge >= 0.3 is 0 Å². The number of nitriles is 1. The van der Waals surface area contributed by atoms with Crippen molar-refractivity contribution in [3.8, 4) is 17.6 Å². The molecule has 1 aliphatic rings. The molecular formula is C18H24N2O3. The molecule has 0 bridgehead atoms. The van der Waals surface area contributed by atoms with Gasteiger partial charge in [0.05, 0.1) is 18.7 Å². The Bertz CT molecular complexity index is 594. The fraction of sp³-hybridized carbons (Fsp3) is 0.556. The average Bonchev–Trinajstić information content (AvgIpc) is 2.57. The van der Waals surface area contributed by atoms with Crippen molar-refractivity contribution in [3.05, 3.63) is 23.8 Å². The van der Waals surface area contributed by atoms with Crippen LogP contribution < -0.4 is 14.8 Å². The fourth-order valence-electron chi connectivity index (χ4n) is 2.91. The number of hydrogen-bond donors (Lipinski definition) is 1. The third kappa shape index (κ3) is 4.38. The summed E-state index contributed by atoms with van der Waals surface area (Å²) in [4.78, 5) is 12.4. The minimum atomic E-state index is -0.619. The minimum absolute atomic E-state index is 0.116. The maximum atomic E-state index is 12.4. The van der Waals surface area contributed by atoms with Gasteiger partial charge in [0.2, 0.25) is 0 Å². The maximum Gasteiger partial charge on any atom is 0.261 e. The van der Waals surface area contributed by atoms with E-state index in [9.17, 15) is 4.79 Å². The van der Waals surface area contributed by atoms with Gasteiger partial charge in [-0.25, -0.2) is 0 Å². The summed E-state index contributed by atoms with van der Waals surface area (Å²) in [5, 5.41) is 12.0. The Balaban J connectivity index is 1.99. The predicted octanol–water partition coefficient (Wildman–Crippen LogP) is 3.03. The van der Waals surface area contributed by atoms with E-state index in [0.29, 0.717) is 23.0 Å². The van der Waals surface area contributed by atoms with Crippen LogP contribution in [0.25, 0.3) is 0 Å². The van der Waals surface area contributed by atoms with Crippen molar-refractivity contribution in [2.24, 2.45) is 5.92 Å². The van der Waals surface area contributed by atoms with Crippen LogP contribution in [0.4, 0.5) is 0 Å². The first-order valence-electron chi connectivity index (χ1n) is 8.10. The van der Waals surface area contributed by atoms with Gasteiger partial charge < -0.3 is 14.8 Å². The van der Waals surface area contributed by atoms with Crippen LogP contribution >= 0.6 is 0 Å². The quantitative estimate of drug-likeness (QED) is 0.906. The van der Waals surface area contributed by atoms with Crippen molar-refractivity contribution >= 4 is 5.91 Å². The number of hydrogen-bond acceptors (Lipinski definition) is 4. The van der Waals surface area contributed by atoms with Crippen LogP contribution in [0, 0.1) is 17.2 Å². The number of methoxy groups -OCH3 is 1. The van der Waals surface area contributed by atoms with Gasteiger partial charge in [-0.2, -0.15) is 5.26 Å². The van der Waals surface area contributed by atoms with Crippen LogP contribution in [-0.2, 0) is 4.79 Å². The first-order chi connectivity index (χ1) is 11.0. The lowest BCUT2D eigenvalue weighted by Crippen LogP contribution is -2.46. The topological polar surface area (TPSA) is 71.3 Å². The highest BCUT2D eigenvalue weighted by Gasteiger charge is 2.25. The Morgan fingerprint density at radius 3 is 2.74 bits per heavy atom. The lowest BCUT2D eigenvalue weighted by atomic mass is 9.86. The molecule has 0 heterocycles. The van der Waals surface area contributed by atoms with Crippen LogP contribution in [0.5, 0.6) is 11.5 Å². The highest BCUT2D eigenvalue weighted by molar-refractivity contribution is 5.81. The lowest BCUT2D eigenvalue weighted by molar-refractivity contribution is -0.128. The number of benzene rings is 1. The molecule has 1 aromatic rings. The van der Waals surface area contributed by atoms with Crippen LogP contribution in [0.1, 0.15) is 45.1 Å². The lowest BCUT2D eigenvalue weighted by Gasteiger charge is -2.30. The van der Waals surface area contributed by atoms with Gasteiger partial charge in [-0.1, -0.05) is 19.8 Å². The van der Waals surface area contributed by atoms with Crippen LogP contribution in [0.3, 0.4) is 0 Å². The molecule has 0 unspecified atom stereocenters. The van der Waals surface area contributed by atoms with Crippen molar-refractivity contribution in [2.75, 3.05) is 7.11 Å². The van der Waals surface area contributed by atoms with Gasteiger partial charge in [0.15, 0.2) is 17.6 Å². The molecule has 3 atom stereocenters. The molecule has 0 spiro atoms. The van der Waals surface area contributed by atoms with Crippen LogP contribution in [-0.4, -0.2) is 25.2 Å². The molecule has 1 amide bonds. The van der Waals surface area contributed by atoms with Crippen molar-refractivity contribution in [1.82, 2.24) is 5.32 Å². The molecule has 1 aromatic carbocycles. The summed E-state index contributed by atoms with van der Waals surface area (Å²) in [6, 6.07) is 7.18. The highest BCUT2D eigenvalue weighted by Crippen LogP contribution is 2.29. The zero-order chi connectivity index (χ0) is 16.8. The molecular weight excluding hydrogens is 292 g/mol. The molecule has 0 aromatic heterocycles. The zero-order valence-corrected chi connectivity index (χ0v) is 14.0. The first kappa shape index (κ1) is 17.1. The number of ether oxygens (including phenoxy) is 2. The third-order valence-corrected chi connectivity index (χ3v) is 4.40. The summed E-state index contributed by atoms with van der Waals surface area (Å²) >= 11 is 0. The van der Waals surface area contributed by atoms with E-state index >= 15 is 0 Å². The Hall–Kier alpha value is -2.22. The molecule has 5 heteroatoms. The Labute approximate surface area is 137 Å². The normalized spacial score (nSPS) is 21.8. The van der Waals surface area contributed by atoms with Gasteiger partial charge in [-0.05, 0) is 37.8 Å². The molecule has 23 heavy (non-hydrogen) atoms. The predicted molar refractivity (Wildman–Crippen MR) is 87.4 cm³/mol. The van der Waals surface area contributed by atoms with E-state index in [1.807, 2.05) is 6.07 Å². The molecule has 1 aliphatic carbocycles. The van der Waals surface area contributed by atoms with Crippen molar-refractivity contribution in [1.29, 1.82) is 5.26 Å². The monoisotopic (exact) mass is 316 g/mol. The van der Waals surface area contributed by atoms with E-state index in [-0.39, 0.29) is 11.9 Å². The van der Waals surface area contributed by atoms with E-state index in [0.717, 1.165) is 19.3 Å². The van der Waals surface area contributed by atoms with Gasteiger partial charge in [0.1, 0.15) is 0 Å². The van der Waals surface area contributed by atoms with E-state index in [2.05, 4.69) is 12.2 Å². The second-order valence-electron chi connectivity index (χ2n) is 6.11. The molecule has 1 saturated carbocycles. The summed E-state index contributed by atoms with van der Waals surface area (Å²) < 4.78 is 11.0. The molecule has 0 radical (unpaired) electrons. The molecule has 0 aliphatic heterocycles. The van der Waals surface area contributed by atoms with Crippen LogP contribution in [0.15, 0.2) is 18.2 Å². The first-order valence-corrected chi connectivity index (χ1v) is 8.10. The molecule has 1 fully saturated rings. The van der Waals surface area contributed by atoms with E-state index in [1.165, 1.54) is 13.5 Å². The molecule has 2 rings (SSSR count). The second-order valence-corrected chi connectivity index (χ2v) is 6.11. The second kappa shape index (κ2) is 7.87.